The topological polar surface area (TPSA) is 89.3 Å². The van der Waals surface area contributed by atoms with Crippen LogP contribution in [0.15, 0.2) is 53.4 Å². The Kier molecular flexibility index (Phi) is 5.41. The van der Waals surface area contributed by atoms with Crippen LogP contribution in [0.2, 0.25) is 5.02 Å². The molecule has 5 nitrogen and oxygen atoms in total. The van der Waals surface area contributed by atoms with Crippen molar-refractivity contribution in [1.29, 1.82) is 0 Å². The molecule has 1 atom stereocenters. The van der Waals surface area contributed by atoms with Crippen molar-refractivity contribution < 1.29 is 13.2 Å². The second-order valence-corrected chi connectivity index (χ2v) is 7.14. The van der Waals surface area contributed by atoms with Crippen LogP contribution in [-0.4, -0.2) is 14.3 Å². The lowest BCUT2D eigenvalue weighted by Crippen LogP contribution is -2.28. The maximum Gasteiger partial charge on any atom is 0.238 e. The number of carbonyl (C=O) groups excluding carboxylic acids is 1. The van der Waals surface area contributed by atoms with Gasteiger partial charge >= 0.3 is 0 Å². The maximum absolute atomic E-state index is 12.1. The van der Waals surface area contributed by atoms with Gasteiger partial charge in [0.1, 0.15) is 0 Å². The van der Waals surface area contributed by atoms with Gasteiger partial charge in [-0.2, -0.15) is 0 Å². The largest absolute Gasteiger partial charge is 0.349 e. The summed E-state index contributed by atoms with van der Waals surface area (Å²) in [5, 5.41) is 8.45. The zero-order chi connectivity index (χ0) is 17.0. The van der Waals surface area contributed by atoms with Crippen LogP contribution in [0.3, 0.4) is 0 Å². The summed E-state index contributed by atoms with van der Waals surface area (Å²) in [6.45, 7) is 1.82. The molecular formula is C16H17ClN2O3S. The predicted octanol–water partition coefficient (Wildman–Crippen LogP) is 2.41. The summed E-state index contributed by atoms with van der Waals surface area (Å²) in [6, 6.07) is 13.0. The zero-order valence-electron chi connectivity index (χ0n) is 12.5. The average molecular weight is 353 g/mol. The Bertz CT molecular complexity index is 804. The van der Waals surface area contributed by atoms with Gasteiger partial charge < -0.3 is 5.32 Å². The first-order chi connectivity index (χ1) is 10.8. The molecule has 3 N–H and O–H groups in total. The highest BCUT2D eigenvalue weighted by Crippen LogP contribution is 2.18. The molecule has 0 aliphatic heterocycles. The molecule has 0 aliphatic rings. The number of sulfonamides is 1. The van der Waals surface area contributed by atoms with Gasteiger partial charge in [-0.15, -0.1) is 0 Å². The van der Waals surface area contributed by atoms with E-state index < -0.39 is 10.0 Å². The summed E-state index contributed by atoms with van der Waals surface area (Å²) in [5.41, 5.74) is 1.54. The molecule has 0 saturated heterocycles. The molecule has 0 aromatic heterocycles. The van der Waals surface area contributed by atoms with Crippen molar-refractivity contribution in [3.63, 3.8) is 0 Å². The third-order valence-corrected chi connectivity index (χ3v) is 4.69. The Morgan fingerprint density at radius 3 is 2.35 bits per heavy atom. The van der Waals surface area contributed by atoms with E-state index in [-0.39, 0.29) is 23.3 Å². The number of hydrogen-bond acceptors (Lipinski definition) is 3. The molecule has 0 fully saturated rings. The van der Waals surface area contributed by atoms with Crippen molar-refractivity contribution in [3.05, 3.63) is 64.7 Å². The third kappa shape index (κ3) is 4.79. The molecule has 0 saturated carbocycles. The van der Waals surface area contributed by atoms with E-state index in [1.807, 2.05) is 13.0 Å². The number of carbonyl (C=O) groups is 1. The summed E-state index contributed by atoms with van der Waals surface area (Å²) in [5.74, 6) is -0.166. The molecule has 2 rings (SSSR count). The summed E-state index contributed by atoms with van der Waals surface area (Å²) in [7, 11) is -3.72. The molecule has 0 aliphatic carbocycles. The van der Waals surface area contributed by atoms with Crippen molar-refractivity contribution >= 4 is 27.5 Å². The Morgan fingerprint density at radius 2 is 1.78 bits per heavy atom. The van der Waals surface area contributed by atoms with Crippen molar-refractivity contribution in [2.45, 2.75) is 24.3 Å². The number of hydrogen-bond donors (Lipinski definition) is 2. The highest BCUT2D eigenvalue weighted by molar-refractivity contribution is 7.89. The molecule has 0 radical (unpaired) electrons. The van der Waals surface area contributed by atoms with Crippen molar-refractivity contribution in [1.82, 2.24) is 5.32 Å². The summed E-state index contributed by atoms with van der Waals surface area (Å²) >= 11 is 6.03. The van der Waals surface area contributed by atoms with E-state index in [4.69, 9.17) is 16.7 Å². The maximum atomic E-state index is 12.1. The smallest absolute Gasteiger partial charge is 0.238 e. The number of benzene rings is 2. The molecule has 0 spiro atoms. The Hall–Kier alpha value is -1.89. The van der Waals surface area contributed by atoms with Crippen LogP contribution in [-0.2, 0) is 21.2 Å². The van der Waals surface area contributed by atoms with Crippen LogP contribution in [0.25, 0.3) is 0 Å². The van der Waals surface area contributed by atoms with E-state index in [2.05, 4.69) is 5.32 Å². The lowest BCUT2D eigenvalue weighted by Gasteiger charge is -2.15. The van der Waals surface area contributed by atoms with E-state index in [9.17, 15) is 13.2 Å². The SMILES string of the molecule is CC(NC(=O)Cc1ccccc1Cl)c1ccc(S(N)(=O)=O)cc1. The highest BCUT2D eigenvalue weighted by atomic mass is 35.5. The van der Waals surface area contributed by atoms with Crippen molar-refractivity contribution in [2.75, 3.05) is 0 Å². The predicted molar refractivity (Wildman–Crippen MR) is 89.5 cm³/mol. The van der Waals surface area contributed by atoms with Crippen LogP contribution in [0, 0.1) is 0 Å². The summed E-state index contributed by atoms with van der Waals surface area (Å²) in [6.07, 6.45) is 0.180. The van der Waals surface area contributed by atoms with E-state index in [1.54, 1.807) is 30.3 Å². The van der Waals surface area contributed by atoms with Gasteiger partial charge in [-0.1, -0.05) is 41.9 Å². The van der Waals surface area contributed by atoms with Gasteiger partial charge in [0.15, 0.2) is 0 Å². The number of halogens is 1. The van der Waals surface area contributed by atoms with Gasteiger partial charge in [-0.25, -0.2) is 13.6 Å². The van der Waals surface area contributed by atoms with Gasteiger partial charge in [0.05, 0.1) is 17.4 Å². The fourth-order valence-corrected chi connectivity index (χ4v) is 2.85. The third-order valence-electron chi connectivity index (χ3n) is 3.39. The van der Waals surface area contributed by atoms with E-state index in [0.717, 1.165) is 11.1 Å². The first-order valence-corrected chi connectivity index (χ1v) is 8.85. The molecule has 23 heavy (non-hydrogen) atoms. The second kappa shape index (κ2) is 7.12. The summed E-state index contributed by atoms with van der Waals surface area (Å²) < 4.78 is 22.4. The molecule has 122 valence electrons. The number of nitrogens with two attached hydrogens (primary N) is 1. The van der Waals surface area contributed by atoms with Crippen LogP contribution in [0.5, 0.6) is 0 Å². The Labute approximate surface area is 140 Å². The molecule has 1 unspecified atom stereocenters. The molecule has 2 aromatic carbocycles. The van der Waals surface area contributed by atoms with Gasteiger partial charge in [-0.05, 0) is 36.2 Å². The van der Waals surface area contributed by atoms with Crippen LogP contribution in [0.1, 0.15) is 24.1 Å². The lowest BCUT2D eigenvalue weighted by molar-refractivity contribution is -0.121. The van der Waals surface area contributed by atoms with Crippen molar-refractivity contribution in [2.24, 2.45) is 5.14 Å². The van der Waals surface area contributed by atoms with Gasteiger partial charge in [0, 0.05) is 5.02 Å². The molecule has 0 heterocycles. The molecule has 2 aromatic rings. The minimum absolute atomic E-state index is 0.0378. The molecular weight excluding hydrogens is 336 g/mol. The van der Waals surface area contributed by atoms with E-state index in [0.29, 0.717) is 5.02 Å². The molecule has 0 bridgehead atoms. The normalized spacial score (nSPS) is 12.7. The second-order valence-electron chi connectivity index (χ2n) is 5.17. The number of nitrogens with one attached hydrogen (secondary N) is 1. The first-order valence-electron chi connectivity index (χ1n) is 6.93. The van der Waals surface area contributed by atoms with Crippen molar-refractivity contribution in [3.8, 4) is 0 Å². The monoisotopic (exact) mass is 352 g/mol. The standard InChI is InChI=1S/C16H17ClN2O3S/c1-11(12-6-8-14(9-7-12)23(18,21)22)19-16(20)10-13-4-2-3-5-15(13)17/h2-9,11H,10H2,1H3,(H,19,20)(H2,18,21,22). The van der Waals surface area contributed by atoms with Gasteiger partial charge in [0.2, 0.25) is 15.9 Å². The molecule has 7 heteroatoms. The summed E-state index contributed by atoms with van der Waals surface area (Å²) in [4.78, 5) is 12.1. The number of rotatable bonds is 5. The van der Waals surface area contributed by atoms with E-state index >= 15 is 0 Å². The average Bonchev–Trinajstić information content (AvgIpc) is 2.49. The zero-order valence-corrected chi connectivity index (χ0v) is 14.1. The minimum atomic E-state index is -3.72. The van der Waals surface area contributed by atoms with Gasteiger partial charge in [0.25, 0.3) is 0 Å². The minimum Gasteiger partial charge on any atom is -0.349 e. The number of amides is 1. The Morgan fingerprint density at radius 1 is 1.17 bits per heavy atom. The highest BCUT2D eigenvalue weighted by Gasteiger charge is 2.13. The molecule has 1 amide bonds. The lowest BCUT2D eigenvalue weighted by atomic mass is 10.1. The van der Waals surface area contributed by atoms with Crippen LogP contribution >= 0.6 is 11.6 Å². The first kappa shape index (κ1) is 17.5. The van der Waals surface area contributed by atoms with E-state index in [1.165, 1.54) is 12.1 Å². The Balaban J connectivity index is 2.02. The fourth-order valence-electron chi connectivity index (χ4n) is 2.14. The van der Waals surface area contributed by atoms with Gasteiger partial charge in [-0.3, -0.25) is 4.79 Å². The fraction of sp³-hybridized carbons (Fsp3) is 0.188. The van der Waals surface area contributed by atoms with Crippen LogP contribution < -0.4 is 10.5 Å². The number of primary sulfonamides is 1. The quantitative estimate of drug-likeness (QED) is 0.865. The van der Waals surface area contributed by atoms with Crippen LogP contribution in [0.4, 0.5) is 0 Å².